The van der Waals surface area contributed by atoms with Crippen molar-refractivity contribution in [2.75, 3.05) is 0 Å². The fourth-order valence-corrected chi connectivity index (χ4v) is 3.10. The summed E-state index contributed by atoms with van der Waals surface area (Å²) in [5.74, 6) is 0. The highest BCUT2D eigenvalue weighted by Gasteiger charge is 2.16. The minimum atomic E-state index is 0.107. The fraction of sp³-hybridized carbons (Fsp3) is 0.118. The third-order valence-corrected chi connectivity index (χ3v) is 4.40. The Kier molecular flexibility index (Phi) is 3.15. The minimum absolute atomic E-state index is 0.107. The Labute approximate surface area is 135 Å². The van der Waals surface area contributed by atoms with Crippen LogP contribution in [0.2, 0.25) is 0 Å². The lowest BCUT2D eigenvalue weighted by Gasteiger charge is -2.13. The van der Waals surface area contributed by atoms with E-state index < -0.39 is 0 Å². The van der Waals surface area contributed by atoms with Crippen LogP contribution in [0.25, 0.3) is 21.9 Å². The molecule has 1 atom stereocenters. The quantitative estimate of drug-likeness (QED) is 0.538. The molecule has 0 amide bonds. The minimum Gasteiger partial charge on any atom is -0.254 e. The second kappa shape index (κ2) is 5.18. The Morgan fingerprint density at radius 2 is 1.86 bits per heavy atom. The molecule has 22 heavy (non-hydrogen) atoms. The van der Waals surface area contributed by atoms with Gasteiger partial charge >= 0.3 is 0 Å². The SMILES string of the molecule is C[C@@H](c1ccccc1)n1nnc2cnc3ccc(Br)cc3c21. The summed E-state index contributed by atoms with van der Waals surface area (Å²) >= 11 is 3.54. The zero-order chi connectivity index (χ0) is 15.1. The van der Waals surface area contributed by atoms with Crippen LogP contribution in [0.5, 0.6) is 0 Å². The fourth-order valence-electron chi connectivity index (χ4n) is 2.74. The number of aromatic nitrogens is 4. The summed E-state index contributed by atoms with van der Waals surface area (Å²) in [7, 11) is 0. The molecule has 0 spiro atoms. The van der Waals surface area contributed by atoms with E-state index in [1.165, 1.54) is 5.56 Å². The average molecular weight is 353 g/mol. The highest BCUT2D eigenvalue weighted by atomic mass is 79.9. The Balaban J connectivity index is 2.00. The van der Waals surface area contributed by atoms with Gasteiger partial charge in [-0.15, -0.1) is 5.10 Å². The highest BCUT2D eigenvalue weighted by molar-refractivity contribution is 9.10. The molecule has 0 bridgehead atoms. The van der Waals surface area contributed by atoms with Crippen LogP contribution in [-0.4, -0.2) is 20.0 Å². The Hall–Kier alpha value is -2.27. The summed E-state index contributed by atoms with van der Waals surface area (Å²) in [6.45, 7) is 2.13. The summed E-state index contributed by atoms with van der Waals surface area (Å²) in [5, 5.41) is 9.70. The van der Waals surface area contributed by atoms with Crippen molar-refractivity contribution >= 4 is 37.9 Å². The van der Waals surface area contributed by atoms with Crippen LogP contribution in [0.1, 0.15) is 18.5 Å². The van der Waals surface area contributed by atoms with Crippen LogP contribution in [0.4, 0.5) is 0 Å². The zero-order valence-electron chi connectivity index (χ0n) is 11.9. The van der Waals surface area contributed by atoms with Gasteiger partial charge < -0.3 is 0 Å². The normalized spacial score (nSPS) is 12.8. The molecule has 0 saturated heterocycles. The van der Waals surface area contributed by atoms with Crippen LogP contribution >= 0.6 is 15.9 Å². The molecule has 0 N–H and O–H groups in total. The molecule has 4 aromatic rings. The van der Waals surface area contributed by atoms with E-state index in [1.54, 1.807) is 6.20 Å². The summed E-state index contributed by atoms with van der Waals surface area (Å²) < 4.78 is 3.00. The van der Waals surface area contributed by atoms with Crippen molar-refractivity contribution in [1.29, 1.82) is 0 Å². The molecule has 5 heteroatoms. The van der Waals surface area contributed by atoms with Crippen molar-refractivity contribution in [2.45, 2.75) is 13.0 Å². The summed E-state index contributed by atoms with van der Waals surface area (Å²) in [6.07, 6.45) is 1.78. The van der Waals surface area contributed by atoms with E-state index in [2.05, 4.69) is 56.3 Å². The second-order valence-electron chi connectivity index (χ2n) is 5.27. The molecule has 0 fully saturated rings. The first-order valence-corrected chi connectivity index (χ1v) is 7.87. The standard InChI is InChI=1S/C17H13BrN4/c1-11(12-5-3-2-4-6-12)22-17-14-9-13(18)7-8-15(14)19-10-16(17)20-21-22/h2-11H,1H3/t11-/m0/s1. The maximum Gasteiger partial charge on any atom is 0.132 e. The Morgan fingerprint density at radius 1 is 1.05 bits per heavy atom. The van der Waals surface area contributed by atoms with Gasteiger partial charge in [-0.25, -0.2) is 4.68 Å². The number of pyridine rings is 1. The molecule has 2 aromatic carbocycles. The van der Waals surface area contributed by atoms with Gasteiger partial charge in [-0.2, -0.15) is 0 Å². The summed E-state index contributed by atoms with van der Waals surface area (Å²) in [5.41, 5.74) is 3.98. The molecule has 108 valence electrons. The predicted octanol–water partition coefficient (Wildman–Crippen LogP) is 4.35. The molecule has 0 aliphatic rings. The topological polar surface area (TPSA) is 43.6 Å². The van der Waals surface area contributed by atoms with Crippen LogP contribution in [0.15, 0.2) is 59.2 Å². The first-order valence-electron chi connectivity index (χ1n) is 7.08. The predicted molar refractivity (Wildman–Crippen MR) is 90.8 cm³/mol. The summed E-state index contributed by atoms with van der Waals surface area (Å²) in [4.78, 5) is 4.46. The van der Waals surface area contributed by atoms with Crippen LogP contribution < -0.4 is 0 Å². The first-order chi connectivity index (χ1) is 10.7. The lowest BCUT2D eigenvalue weighted by Crippen LogP contribution is -2.08. The molecule has 4 rings (SSSR count). The van der Waals surface area contributed by atoms with Gasteiger partial charge in [0.15, 0.2) is 0 Å². The van der Waals surface area contributed by atoms with Crippen molar-refractivity contribution < 1.29 is 0 Å². The maximum absolute atomic E-state index is 4.46. The van der Waals surface area contributed by atoms with Crippen molar-refractivity contribution in [3.8, 4) is 0 Å². The molecule has 0 saturated carbocycles. The van der Waals surface area contributed by atoms with Crippen molar-refractivity contribution in [3.63, 3.8) is 0 Å². The first kappa shape index (κ1) is 13.4. The Morgan fingerprint density at radius 3 is 2.68 bits per heavy atom. The summed E-state index contributed by atoms with van der Waals surface area (Å²) in [6, 6.07) is 16.5. The van der Waals surface area contributed by atoms with Crippen molar-refractivity contribution in [1.82, 2.24) is 20.0 Å². The highest BCUT2D eigenvalue weighted by Crippen LogP contribution is 2.28. The molecule has 0 aliphatic heterocycles. The van der Waals surface area contributed by atoms with Gasteiger partial charge in [0.2, 0.25) is 0 Å². The number of nitrogens with zero attached hydrogens (tertiary/aromatic N) is 4. The lowest BCUT2D eigenvalue weighted by atomic mass is 10.1. The van der Waals surface area contributed by atoms with E-state index in [0.29, 0.717) is 0 Å². The monoisotopic (exact) mass is 352 g/mol. The van der Waals surface area contributed by atoms with Crippen molar-refractivity contribution in [3.05, 3.63) is 64.8 Å². The van der Waals surface area contributed by atoms with Gasteiger partial charge in [-0.05, 0) is 30.7 Å². The zero-order valence-corrected chi connectivity index (χ0v) is 13.5. The number of halogens is 1. The van der Waals surface area contributed by atoms with Gasteiger partial charge in [-0.3, -0.25) is 4.98 Å². The molecule has 0 unspecified atom stereocenters. The number of rotatable bonds is 2. The number of hydrogen-bond donors (Lipinski definition) is 0. The molecule has 0 radical (unpaired) electrons. The van der Waals surface area contributed by atoms with E-state index in [4.69, 9.17) is 0 Å². The average Bonchev–Trinajstić information content (AvgIpc) is 2.99. The molecule has 4 nitrogen and oxygen atoms in total. The molecule has 2 aromatic heterocycles. The maximum atomic E-state index is 4.46. The molecular formula is C17H13BrN4. The van der Waals surface area contributed by atoms with Gasteiger partial charge in [-0.1, -0.05) is 51.5 Å². The van der Waals surface area contributed by atoms with E-state index >= 15 is 0 Å². The number of hydrogen-bond acceptors (Lipinski definition) is 3. The largest absolute Gasteiger partial charge is 0.254 e. The van der Waals surface area contributed by atoms with Gasteiger partial charge in [0.25, 0.3) is 0 Å². The molecule has 2 heterocycles. The van der Waals surface area contributed by atoms with Crippen LogP contribution in [-0.2, 0) is 0 Å². The van der Waals surface area contributed by atoms with E-state index in [1.807, 2.05) is 35.0 Å². The third-order valence-electron chi connectivity index (χ3n) is 3.91. The van der Waals surface area contributed by atoms with Gasteiger partial charge in [0, 0.05) is 9.86 Å². The lowest BCUT2D eigenvalue weighted by molar-refractivity contribution is 0.561. The third kappa shape index (κ3) is 2.09. The molecule has 0 aliphatic carbocycles. The van der Waals surface area contributed by atoms with E-state index in [0.717, 1.165) is 26.4 Å². The van der Waals surface area contributed by atoms with Gasteiger partial charge in [0.05, 0.1) is 17.8 Å². The second-order valence-corrected chi connectivity index (χ2v) is 6.19. The number of benzene rings is 2. The van der Waals surface area contributed by atoms with Gasteiger partial charge in [0.1, 0.15) is 11.0 Å². The Bertz CT molecular complexity index is 962. The van der Waals surface area contributed by atoms with Crippen LogP contribution in [0.3, 0.4) is 0 Å². The molecular weight excluding hydrogens is 340 g/mol. The van der Waals surface area contributed by atoms with Crippen molar-refractivity contribution in [2.24, 2.45) is 0 Å². The van der Waals surface area contributed by atoms with Crippen LogP contribution in [0, 0.1) is 0 Å². The van der Waals surface area contributed by atoms with E-state index in [-0.39, 0.29) is 6.04 Å². The smallest absolute Gasteiger partial charge is 0.132 e. The van der Waals surface area contributed by atoms with E-state index in [9.17, 15) is 0 Å². The number of fused-ring (bicyclic) bond motifs is 3.